The van der Waals surface area contributed by atoms with Gasteiger partial charge in [0.25, 0.3) is 0 Å². The van der Waals surface area contributed by atoms with Crippen molar-refractivity contribution in [3.05, 3.63) is 42.5 Å². The Morgan fingerprint density at radius 3 is 1.71 bits per heavy atom. The molecule has 14 heavy (non-hydrogen) atoms. The van der Waals surface area contributed by atoms with E-state index < -0.39 is 8.25 Å². The van der Waals surface area contributed by atoms with E-state index in [1.165, 1.54) is 5.56 Å². The van der Waals surface area contributed by atoms with Gasteiger partial charge in [-0.25, -0.2) is 4.57 Å². The van der Waals surface area contributed by atoms with Crippen molar-refractivity contribution in [3.63, 3.8) is 0 Å². The third-order valence-electron chi connectivity index (χ3n) is 1.04. The molecule has 2 N–H and O–H groups in total. The van der Waals surface area contributed by atoms with E-state index in [1.807, 2.05) is 36.4 Å². The van der Waals surface area contributed by atoms with Gasteiger partial charge in [0.1, 0.15) is 0 Å². The summed E-state index contributed by atoms with van der Waals surface area (Å²) < 4.78 is 8.70. The molecule has 1 aromatic carbocycles. The van der Waals surface area contributed by atoms with E-state index in [2.05, 4.69) is 6.58 Å². The van der Waals surface area contributed by atoms with Crippen molar-refractivity contribution in [2.24, 2.45) is 0 Å². The molecule has 0 atom stereocenters. The minimum absolute atomic E-state index is 0. The van der Waals surface area contributed by atoms with Gasteiger partial charge in [-0.2, -0.15) is 0 Å². The van der Waals surface area contributed by atoms with Crippen molar-refractivity contribution < 1.29 is 14.4 Å². The largest absolute Gasteiger partial charge is 0.363 e. The standard InChI is InChI=1S/C8H8.2ClH.H2O3P/c1-2-8-6-4-3-5-7-8;;;1-4(2)3/h2-7H,1H2;2*1H;(H2,1,2,3). The lowest BCUT2D eigenvalue weighted by atomic mass is 10.2. The molecule has 81 valence electrons. The minimum atomic E-state index is -2.87. The zero-order valence-electron chi connectivity index (χ0n) is 7.24. The Labute approximate surface area is 96.3 Å². The maximum atomic E-state index is 8.70. The SMILES string of the molecule is C=Cc1ccccc1.Cl.Cl.O=[P](O)O. The smallest absolute Gasteiger partial charge is 0.298 e. The topological polar surface area (TPSA) is 57.5 Å². The summed E-state index contributed by atoms with van der Waals surface area (Å²) in [7, 11) is -2.87. The van der Waals surface area contributed by atoms with Gasteiger partial charge in [-0.1, -0.05) is 43.0 Å². The highest BCUT2D eigenvalue weighted by Crippen LogP contribution is 1.98. The lowest BCUT2D eigenvalue weighted by Gasteiger charge is -1.85. The highest BCUT2D eigenvalue weighted by Gasteiger charge is 1.75. The van der Waals surface area contributed by atoms with Gasteiger partial charge >= 0.3 is 8.25 Å². The average molecular weight is 258 g/mol. The maximum absolute atomic E-state index is 8.70. The maximum Gasteiger partial charge on any atom is 0.363 e. The van der Waals surface area contributed by atoms with Gasteiger partial charge in [-0.3, -0.25) is 9.79 Å². The van der Waals surface area contributed by atoms with Crippen LogP contribution < -0.4 is 0 Å². The molecule has 0 unspecified atom stereocenters. The lowest BCUT2D eigenvalue weighted by Crippen LogP contribution is -1.63. The average Bonchev–Trinajstić information content (AvgIpc) is 2.05. The summed E-state index contributed by atoms with van der Waals surface area (Å²) in [4.78, 5) is 14.2. The minimum Gasteiger partial charge on any atom is -0.298 e. The summed E-state index contributed by atoms with van der Waals surface area (Å²) >= 11 is 0. The van der Waals surface area contributed by atoms with Crippen molar-refractivity contribution in [3.8, 4) is 0 Å². The molecule has 0 aliphatic carbocycles. The molecule has 0 aliphatic heterocycles. The van der Waals surface area contributed by atoms with E-state index >= 15 is 0 Å². The van der Waals surface area contributed by atoms with Gasteiger partial charge in [0, 0.05) is 0 Å². The summed E-state index contributed by atoms with van der Waals surface area (Å²) in [6.07, 6.45) is 1.83. The first-order chi connectivity index (χ1) is 5.66. The second-order valence-electron chi connectivity index (χ2n) is 1.87. The third kappa shape index (κ3) is 14.1. The van der Waals surface area contributed by atoms with Crippen molar-refractivity contribution in [2.75, 3.05) is 0 Å². The van der Waals surface area contributed by atoms with Gasteiger partial charge in [0.15, 0.2) is 0 Å². The second-order valence-corrected chi connectivity index (χ2v) is 2.37. The third-order valence-corrected chi connectivity index (χ3v) is 1.04. The summed E-state index contributed by atoms with van der Waals surface area (Å²) in [5.74, 6) is 0. The first kappa shape index (κ1) is 19.2. The van der Waals surface area contributed by atoms with Crippen LogP contribution in [0.5, 0.6) is 0 Å². The van der Waals surface area contributed by atoms with Gasteiger partial charge < -0.3 is 0 Å². The van der Waals surface area contributed by atoms with Crippen molar-refractivity contribution in [1.82, 2.24) is 0 Å². The first-order valence-corrected chi connectivity index (χ1v) is 4.36. The molecule has 0 amide bonds. The molecule has 0 spiro atoms. The molecule has 0 aromatic heterocycles. The zero-order valence-corrected chi connectivity index (χ0v) is 9.77. The molecular formula is C8H12Cl2O3P. The molecule has 0 bridgehead atoms. The molecular weight excluding hydrogens is 246 g/mol. The van der Waals surface area contributed by atoms with E-state index in [0.29, 0.717) is 0 Å². The molecule has 0 heterocycles. The summed E-state index contributed by atoms with van der Waals surface area (Å²) in [5, 5.41) is 0. The number of rotatable bonds is 1. The number of hydrogen-bond acceptors (Lipinski definition) is 1. The molecule has 0 aliphatic rings. The van der Waals surface area contributed by atoms with Crippen LogP contribution in [0.25, 0.3) is 6.08 Å². The van der Waals surface area contributed by atoms with Crippen LogP contribution in [0.1, 0.15) is 5.56 Å². The molecule has 1 rings (SSSR count). The lowest BCUT2D eigenvalue weighted by molar-refractivity contribution is 0.405. The summed E-state index contributed by atoms with van der Waals surface area (Å²) in [5.41, 5.74) is 1.17. The van der Waals surface area contributed by atoms with E-state index in [-0.39, 0.29) is 24.8 Å². The molecule has 1 radical (unpaired) electrons. The molecule has 0 saturated carbocycles. The Kier molecular flexibility index (Phi) is 17.2. The normalized spacial score (nSPS) is 6.71. The molecule has 6 heteroatoms. The Morgan fingerprint density at radius 2 is 1.50 bits per heavy atom. The monoisotopic (exact) mass is 257 g/mol. The van der Waals surface area contributed by atoms with Crippen molar-refractivity contribution in [2.45, 2.75) is 0 Å². The van der Waals surface area contributed by atoms with Crippen LogP contribution in [0.2, 0.25) is 0 Å². The van der Waals surface area contributed by atoms with E-state index in [1.54, 1.807) is 0 Å². The molecule has 1 aromatic rings. The quantitative estimate of drug-likeness (QED) is 0.761. The van der Waals surface area contributed by atoms with E-state index in [9.17, 15) is 0 Å². The Morgan fingerprint density at radius 1 is 1.14 bits per heavy atom. The number of hydrogen-bond donors (Lipinski definition) is 2. The van der Waals surface area contributed by atoms with E-state index in [0.717, 1.165) is 0 Å². The van der Waals surface area contributed by atoms with Crippen molar-refractivity contribution >= 4 is 39.1 Å². The highest BCUT2D eigenvalue weighted by atomic mass is 35.5. The molecule has 0 saturated heterocycles. The molecule has 0 fully saturated rings. The van der Waals surface area contributed by atoms with Crippen LogP contribution in [0, 0.1) is 0 Å². The Balaban J connectivity index is -0.000000180. The zero-order chi connectivity index (χ0) is 9.40. The van der Waals surface area contributed by atoms with Crippen molar-refractivity contribution in [1.29, 1.82) is 0 Å². The summed E-state index contributed by atoms with van der Waals surface area (Å²) in [6, 6.07) is 10.0. The fourth-order valence-electron chi connectivity index (χ4n) is 0.589. The fraction of sp³-hybridized carbons (Fsp3) is 0. The second kappa shape index (κ2) is 12.6. The Hall–Kier alpha value is -0.440. The number of halogens is 2. The first-order valence-electron chi connectivity index (χ1n) is 3.19. The Bertz CT molecular complexity index is 250. The molecule has 3 nitrogen and oxygen atoms in total. The number of benzene rings is 1. The van der Waals surface area contributed by atoms with Crippen LogP contribution in [0.4, 0.5) is 0 Å². The summed E-state index contributed by atoms with van der Waals surface area (Å²) in [6.45, 7) is 3.63. The van der Waals surface area contributed by atoms with E-state index in [4.69, 9.17) is 14.4 Å². The van der Waals surface area contributed by atoms with Crippen LogP contribution in [0.3, 0.4) is 0 Å². The highest BCUT2D eigenvalue weighted by molar-refractivity contribution is 7.30. The predicted octanol–water partition coefficient (Wildman–Crippen LogP) is 2.80. The predicted molar refractivity (Wildman–Crippen MR) is 63.1 cm³/mol. The van der Waals surface area contributed by atoms with Crippen LogP contribution in [-0.2, 0) is 4.57 Å². The van der Waals surface area contributed by atoms with Gasteiger partial charge in [-0.05, 0) is 5.56 Å². The van der Waals surface area contributed by atoms with Crippen LogP contribution in [-0.4, -0.2) is 9.79 Å². The van der Waals surface area contributed by atoms with Gasteiger partial charge in [0.05, 0.1) is 0 Å². The van der Waals surface area contributed by atoms with Gasteiger partial charge in [0.2, 0.25) is 0 Å². The van der Waals surface area contributed by atoms with Gasteiger partial charge in [-0.15, -0.1) is 24.8 Å². The van der Waals surface area contributed by atoms with Crippen LogP contribution >= 0.6 is 33.1 Å². The fourth-order valence-corrected chi connectivity index (χ4v) is 0.589. The van der Waals surface area contributed by atoms with Crippen LogP contribution in [0.15, 0.2) is 36.9 Å².